The smallest absolute Gasteiger partial charge is 0.326 e. The zero-order chi connectivity index (χ0) is 15.8. The number of hydrogen-bond acceptors (Lipinski definition) is 3. The van der Waals surface area contributed by atoms with Gasteiger partial charge in [-0.05, 0) is 12.0 Å². The quantitative estimate of drug-likeness (QED) is 0.690. The van der Waals surface area contributed by atoms with Crippen LogP contribution in [0.4, 0.5) is 0 Å². The molecule has 6 heteroatoms. The molecule has 1 rings (SSSR count). The van der Waals surface area contributed by atoms with Crippen LogP contribution in [0.25, 0.3) is 0 Å². The zero-order valence-electron chi connectivity index (χ0n) is 12.1. The van der Waals surface area contributed by atoms with Gasteiger partial charge in [0.2, 0.25) is 11.8 Å². The van der Waals surface area contributed by atoms with Crippen LogP contribution in [0, 0.1) is 0 Å². The molecule has 1 aromatic rings. The third-order valence-electron chi connectivity index (χ3n) is 3.00. The SMILES string of the molecule is CC[C@@H](NC(=O)[C@H](Cc1ccccc1)NC(C)=O)C(=O)O. The van der Waals surface area contributed by atoms with Gasteiger partial charge < -0.3 is 15.7 Å². The number of carbonyl (C=O) groups excluding carboxylic acids is 2. The van der Waals surface area contributed by atoms with Gasteiger partial charge in [-0.3, -0.25) is 9.59 Å². The Kier molecular flexibility index (Phi) is 6.39. The summed E-state index contributed by atoms with van der Waals surface area (Å²) in [7, 11) is 0. The van der Waals surface area contributed by atoms with E-state index < -0.39 is 24.0 Å². The molecule has 0 fully saturated rings. The summed E-state index contributed by atoms with van der Waals surface area (Å²) in [5, 5.41) is 14.0. The van der Waals surface area contributed by atoms with Crippen molar-refractivity contribution in [2.75, 3.05) is 0 Å². The highest BCUT2D eigenvalue weighted by molar-refractivity contribution is 5.90. The molecule has 3 N–H and O–H groups in total. The molecule has 0 unspecified atom stereocenters. The van der Waals surface area contributed by atoms with Gasteiger partial charge >= 0.3 is 5.97 Å². The first kappa shape index (κ1) is 16.7. The summed E-state index contributed by atoms with van der Waals surface area (Å²) in [6, 6.07) is 7.47. The molecule has 21 heavy (non-hydrogen) atoms. The van der Waals surface area contributed by atoms with Crippen molar-refractivity contribution in [2.24, 2.45) is 0 Å². The summed E-state index contributed by atoms with van der Waals surface area (Å²) in [5.41, 5.74) is 0.884. The summed E-state index contributed by atoms with van der Waals surface area (Å²) in [4.78, 5) is 34.4. The molecular weight excluding hydrogens is 272 g/mol. The summed E-state index contributed by atoms with van der Waals surface area (Å²) in [6.45, 7) is 2.99. The van der Waals surface area contributed by atoms with Crippen molar-refractivity contribution in [3.63, 3.8) is 0 Å². The van der Waals surface area contributed by atoms with Crippen LogP contribution in [0.2, 0.25) is 0 Å². The normalized spacial score (nSPS) is 13.0. The predicted molar refractivity (Wildman–Crippen MR) is 77.6 cm³/mol. The van der Waals surface area contributed by atoms with Crippen molar-refractivity contribution in [3.05, 3.63) is 35.9 Å². The van der Waals surface area contributed by atoms with Gasteiger partial charge in [0.25, 0.3) is 0 Å². The molecular formula is C15H20N2O4. The number of benzene rings is 1. The lowest BCUT2D eigenvalue weighted by Gasteiger charge is -2.20. The molecule has 0 aliphatic carbocycles. The van der Waals surface area contributed by atoms with Crippen molar-refractivity contribution in [1.29, 1.82) is 0 Å². The molecule has 0 radical (unpaired) electrons. The van der Waals surface area contributed by atoms with Crippen LogP contribution in [0.15, 0.2) is 30.3 Å². The molecule has 2 amide bonds. The summed E-state index contributed by atoms with van der Waals surface area (Å²) in [5.74, 6) is -1.93. The first-order chi connectivity index (χ1) is 9.93. The van der Waals surface area contributed by atoms with Gasteiger partial charge in [-0.25, -0.2) is 4.79 Å². The van der Waals surface area contributed by atoms with E-state index in [9.17, 15) is 14.4 Å². The van der Waals surface area contributed by atoms with Gasteiger partial charge in [0.05, 0.1) is 0 Å². The number of hydrogen-bond donors (Lipinski definition) is 3. The number of carboxylic acids is 1. The Morgan fingerprint density at radius 3 is 2.19 bits per heavy atom. The Morgan fingerprint density at radius 2 is 1.71 bits per heavy atom. The number of aliphatic carboxylic acids is 1. The maximum atomic E-state index is 12.2. The number of rotatable bonds is 7. The van der Waals surface area contributed by atoms with Crippen LogP contribution in [0.1, 0.15) is 25.8 Å². The number of carboxylic acid groups (broad SMARTS) is 1. The number of carbonyl (C=O) groups is 3. The van der Waals surface area contributed by atoms with Crippen molar-refractivity contribution in [1.82, 2.24) is 10.6 Å². The van der Waals surface area contributed by atoms with Crippen molar-refractivity contribution in [3.8, 4) is 0 Å². The second-order valence-electron chi connectivity index (χ2n) is 4.75. The van der Waals surface area contributed by atoms with Crippen LogP contribution in [-0.2, 0) is 20.8 Å². The van der Waals surface area contributed by atoms with Gasteiger partial charge in [-0.15, -0.1) is 0 Å². The van der Waals surface area contributed by atoms with Gasteiger partial charge in [-0.2, -0.15) is 0 Å². The molecule has 0 spiro atoms. The molecule has 0 saturated carbocycles. The maximum absolute atomic E-state index is 12.2. The van der Waals surface area contributed by atoms with Crippen LogP contribution in [0.3, 0.4) is 0 Å². The third kappa shape index (κ3) is 5.64. The van der Waals surface area contributed by atoms with E-state index in [0.717, 1.165) is 5.56 Å². The lowest BCUT2D eigenvalue weighted by atomic mass is 10.0. The summed E-state index contributed by atoms with van der Waals surface area (Å²) in [6.07, 6.45) is 0.585. The van der Waals surface area contributed by atoms with E-state index in [-0.39, 0.29) is 12.3 Å². The molecule has 0 heterocycles. The van der Waals surface area contributed by atoms with E-state index in [2.05, 4.69) is 10.6 Å². The predicted octanol–water partition coefficient (Wildman–Crippen LogP) is 0.713. The fourth-order valence-electron chi connectivity index (χ4n) is 1.92. The Balaban J connectivity index is 2.79. The Hall–Kier alpha value is -2.37. The highest BCUT2D eigenvalue weighted by atomic mass is 16.4. The highest BCUT2D eigenvalue weighted by Crippen LogP contribution is 2.04. The number of amides is 2. The Labute approximate surface area is 123 Å². The van der Waals surface area contributed by atoms with Gasteiger partial charge in [-0.1, -0.05) is 37.3 Å². The Bertz CT molecular complexity index is 502. The second kappa shape index (κ2) is 8.04. The van der Waals surface area contributed by atoms with E-state index in [1.165, 1.54) is 6.92 Å². The van der Waals surface area contributed by atoms with Crippen LogP contribution in [-0.4, -0.2) is 35.0 Å². The lowest BCUT2D eigenvalue weighted by Crippen LogP contribution is -2.51. The molecule has 0 bridgehead atoms. The van der Waals surface area contributed by atoms with E-state index in [1.54, 1.807) is 6.92 Å². The van der Waals surface area contributed by atoms with Gasteiger partial charge in [0.15, 0.2) is 0 Å². The fraction of sp³-hybridized carbons (Fsp3) is 0.400. The summed E-state index contributed by atoms with van der Waals surface area (Å²) >= 11 is 0. The topological polar surface area (TPSA) is 95.5 Å². The maximum Gasteiger partial charge on any atom is 0.326 e. The first-order valence-electron chi connectivity index (χ1n) is 6.78. The third-order valence-corrected chi connectivity index (χ3v) is 3.00. The lowest BCUT2D eigenvalue weighted by molar-refractivity contribution is -0.142. The molecule has 0 aromatic heterocycles. The first-order valence-corrected chi connectivity index (χ1v) is 6.78. The standard InChI is InChI=1S/C15H20N2O4/c1-3-12(15(20)21)17-14(19)13(16-10(2)18)9-11-7-5-4-6-8-11/h4-8,12-13H,3,9H2,1-2H3,(H,16,18)(H,17,19)(H,20,21)/t12-,13+/m1/s1. The van der Waals surface area contributed by atoms with Crippen molar-refractivity contribution < 1.29 is 19.5 Å². The average molecular weight is 292 g/mol. The van der Waals surface area contributed by atoms with Crippen molar-refractivity contribution in [2.45, 2.75) is 38.8 Å². The minimum Gasteiger partial charge on any atom is -0.480 e. The van der Waals surface area contributed by atoms with Gasteiger partial charge in [0, 0.05) is 13.3 Å². The molecule has 2 atom stereocenters. The number of nitrogens with one attached hydrogen (secondary N) is 2. The van der Waals surface area contributed by atoms with E-state index >= 15 is 0 Å². The molecule has 114 valence electrons. The largest absolute Gasteiger partial charge is 0.480 e. The van der Waals surface area contributed by atoms with E-state index in [0.29, 0.717) is 6.42 Å². The molecule has 6 nitrogen and oxygen atoms in total. The molecule has 0 saturated heterocycles. The minimum atomic E-state index is -1.09. The van der Waals surface area contributed by atoms with E-state index in [4.69, 9.17) is 5.11 Å². The zero-order valence-corrected chi connectivity index (χ0v) is 12.1. The van der Waals surface area contributed by atoms with Gasteiger partial charge in [0.1, 0.15) is 12.1 Å². The molecule has 0 aliphatic rings. The van der Waals surface area contributed by atoms with Crippen molar-refractivity contribution >= 4 is 17.8 Å². The van der Waals surface area contributed by atoms with E-state index in [1.807, 2.05) is 30.3 Å². The van der Waals surface area contributed by atoms with Crippen LogP contribution < -0.4 is 10.6 Å². The molecule has 0 aliphatic heterocycles. The monoisotopic (exact) mass is 292 g/mol. The van der Waals surface area contributed by atoms with Crippen LogP contribution >= 0.6 is 0 Å². The Morgan fingerprint density at radius 1 is 1.10 bits per heavy atom. The molecule has 1 aromatic carbocycles. The fourth-order valence-corrected chi connectivity index (χ4v) is 1.92. The summed E-state index contributed by atoms with van der Waals surface area (Å²) < 4.78 is 0. The highest BCUT2D eigenvalue weighted by Gasteiger charge is 2.24. The second-order valence-corrected chi connectivity index (χ2v) is 4.75. The average Bonchev–Trinajstić information content (AvgIpc) is 2.44. The minimum absolute atomic E-state index is 0.277. The van der Waals surface area contributed by atoms with Crippen LogP contribution in [0.5, 0.6) is 0 Å².